The van der Waals surface area contributed by atoms with E-state index in [-0.39, 0.29) is 5.02 Å². The molecule has 4 heteroatoms. The lowest BCUT2D eigenvalue weighted by Crippen LogP contribution is -2.32. The third-order valence-electron chi connectivity index (χ3n) is 3.28. The highest BCUT2D eigenvalue weighted by molar-refractivity contribution is 6.30. The Bertz CT molecular complexity index is 389. The lowest BCUT2D eigenvalue weighted by atomic mass is 9.88. The van der Waals surface area contributed by atoms with Gasteiger partial charge in [-0.2, -0.15) is 0 Å². The summed E-state index contributed by atoms with van der Waals surface area (Å²) in [5.74, 6) is -0.417. The van der Waals surface area contributed by atoms with E-state index in [4.69, 9.17) is 11.6 Å². The van der Waals surface area contributed by atoms with Gasteiger partial charge in [-0.25, -0.2) is 4.39 Å². The molecule has 2 rings (SSSR count). The predicted molar refractivity (Wildman–Crippen MR) is 66.8 cm³/mol. The zero-order chi connectivity index (χ0) is 12.3. The van der Waals surface area contributed by atoms with Gasteiger partial charge in [0.2, 0.25) is 0 Å². The summed E-state index contributed by atoms with van der Waals surface area (Å²) < 4.78 is 13.3. The first-order valence-corrected chi connectivity index (χ1v) is 6.34. The lowest BCUT2D eigenvalue weighted by molar-refractivity contribution is 0.0284. The highest BCUT2D eigenvalue weighted by atomic mass is 35.5. The maximum Gasteiger partial charge on any atom is 0.142 e. The van der Waals surface area contributed by atoms with Crippen molar-refractivity contribution in [3.63, 3.8) is 0 Å². The van der Waals surface area contributed by atoms with Crippen molar-refractivity contribution in [1.29, 1.82) is 0 Å². The van der Waals surface area contributed by atoms with Gasteiger partial charge in [-0.3, -0.25) is 0 Å². The van der Waals surface area contributed by atoms with Crippen molar-refractivity contribution in [2.24, 2.45) is 0 Å². The quantitative estimate of drug-likeness (QED) is 0.853. The number of halogens is 2. The summed E-state index contributed by atoms with van der Waals surface area (Å²) in [5.41, 5.74) is 0.0836. The summed E-state index contributed by atoms with van der Waals surface area (Å²) in [5, 5.41) is 13.9. The number of nitrogens with one attached hydrogen (secondary N) is 1. The van der Waals surface area contributed by atoms with Crippen LogP contribution in [0.4, 0.5) is 4.39 Å². The van der Waals surface area contributed by atoms with Crippen LogP contribution in [0.25, 0.3) is 0 Å². The molecule has 94 valence electrons. The topological polar surface area (TPSA) is 32.3 Å². The van der Waals surface area contributed by atoms with Crippen molar-refractivity contribution in [3.8, 4) is 0 Å². The lowest BCUT2D eigenvalue weighted by Gasteiger charge is -2.26. The fourth-order valence-electron chi connectivity index (χ4n) is 2.32. The van der Waals surface area contributed by atoms with Crippen molar-refractivity contribution >= 4 is 11.6 Å². The molecule has 2 N–H and O–H groups in total. The highest BCUT2D eigenvalue weighted by Gasteiger charge is 2.28. The normalized spacial score (nSPS) is 25.6. The van der Waals surface area contributed by atoms with Crippen LogP contribution in [-0.4, -0.2) is 23.8 Å². The molecule has 0 amide bonds. The van der Waals surface area contributed by atoms with Gasteiger partial charge in [-0.1, -0.05) is 17.7 Å². The fourth-order valence-corrected chi connectivity index (χ4v) is 2.44. The summed E-state index contributed by atoms with van der Waals surface area (Å²) in [6, 6.07) is 4.74. The minimum atomic E-state index is -0.718. The third-order valence-corrected chi connectivity index (χ3v) is 3.59. The second-order valence-electron chi connectivity index (χ2n) is 4.75. The predicted octanol–water partition coefficient (Wildman–Crippen LogP) is 2.53. The maximum atomic E-state index is 13.3. The Morgan fingerprint density at radius 3 is 2.94 bits per heavy atom. The first-order valence-electron chi connectivity index (χ1n) is 5.96. The molecule has 0 bridgehead atoms. The van der Waals surface area contributed by atoms with E-state index >= 15 is 0 Å². The van der Waals surface area contributed by atoms with E-state index in [0.29, 0.717) is 12.8 Å². The van der Waals surface area contributed by atoms with Crippen LogP contribution in [0.1, 0.15) is 24.8 Å². The van der Waals surface area contributed by atoms with Gasteiger partial charge in [-0.15, -0.1) is 0 Å². The summed E-state index contributed by atoms with van der Waals surface area (Å²) in [6.45, 7) is 1.75. The summed E-state index contributed by atoms with van der Waals surface area (Å²) in [6.07, 6.45) is 2.90. The Balaban J connectivity index is 2.10. The van der Waals surface area contributed by atoms with Crippen molar-refractivity contribution in [1.82, 2.24) is 5.32 Å². The summed E-state index contributed by atoms with van der Waals surface area (Å²) in [7, 11) is 0. The van der Waals surface area contributed by atoms with E-state index < -0.39 is 11.4 Å². The molecule has 1 aromatic carbocycles. The van der Waals surface area contributed by atoms with Crippen LogP contribution < -0.4 is 5.32 Å². The fraction of sp³-hybridized carbons (Fsp3) is 0.538. The molecule has 17 heavy (non-hydrogen) atoms. The Morgan fingerprint density at radius 2 is 2.18 bits per heavy atom. The first-order chi connectivity index (χ1) is 8.09. The van der Waals surface area contributed by atoms with Crippen LogP contribution in [0.5, 0.6) is 0 Å². The molecule has 0 spiro atoms. The molecule has 2 nitrogen and oxygen atoms in total. The van der Waals surface area contributed by atoms with E-state index in [9.17, 15) is 9.50 Å². The Kier molecular flexibility index (Phi) is 4.02. The van der Waals surface area contributed by atoms with Crippen molar-refractivity contribution < 1.29 is 9.50 Å². The van der Waals surface area contributed by atoms with Gasteiger partial charge in [0.25, 0.3) is 0 Å². The molecule has 1 saturated heterocycles. The third kappa shape index (κ3) is 3.41. The number of hydrogen-bond acceptors (Lipinski definition) is 2. The Labute approximate surface area is 106 Å². The van der Waals surface area contributed by atoms with Gasteiger partial charge in [-0.05, 0) is 50.0 Å². The van der Waals surface area contributed by atoms with Crippen LogP contribution in [-0.2, 0) is 6.42 Å². The summed E-state index contributed by atoms with van der Waals surface area (Å²) >= 11 is 5.64. The molecule has 1 aromatic rings. The van der Waals surface area contributed by atoms with Crippen LogP contribution in [0.15, 0.2) is 18.2 Å². The molecular weight excluding hydrogens is 241 g/mol. The molecule has 0 aromatic heterocycles. The Hall–Kier alpha value is -0.640. The molecule has 1 aliphatic rings. The highest BCUT2D eigenvalue weighted by Crippen LogP contribution is 2.26. The van der Waals surface area contributed by atoms with Crippen molar-refractivity contribution in [2.75, 3.05) is 13.1 Å². The molecule has 0 saturated carbocycles. The second kappa shape index (κ2) is 5.34. The van der Waals surface area contributed by atoms with E-state index in [0.717, 1.165) is 31.5 Å². The molecule has 1 heterocycles. The first kappa shape index (κ1) is 12.8. The largest absolute Gasteiger partial charge is 0.389 e. The van der Waals surface area contributed by atoms with E-state index in [2.05, 4.69) is 5.32 Å². The van der Waals surface area contributed by atoms with Crippen molar-refractivity contribution in [2.45, 2.75) is 31.3 Å². The number of hydrogen-bond donors (Lipinski definition) is 2. The summed E-state index contributed by atoms with van der Waals surface area (Å²) in [4.78, 5) is 0. The molecule has 0 radical (unpaired) electrons. The molecule has 1 atom stereocenters. The standard InChI is InChI=1S/C13H17ClFNO/c14-11-3-2-10(8-12(11)15)9-13(17)4-1-6-16-7-5-13/h2-3,8,16-17H,1,4-7,9H2. The maximum absolute atomic E-state index is 13.3. The minimum Gasteiger partial charge on any atom is -0.389 e. The van der Waals surface area contributed by atoms with Gasteiger partial charge in [0.1, 0.15) is 5.82 Å². The number of rotatable bonds is 2. The SMILES string of the molecule is OC1(Cc2ccc(Cl)c(F)c2)CCCNCC1. The second-order valence-corrected chi connectivity index (χ2v) is 5.16. The Morgan fingerprint density at radius 1 is 1.35 bits per heavy atom. The zero-order valence-electron chi connectivity index (χ0n) is 9.68. The average Bonchev–Trinajstić information content (AvgIpc) is 2.49. The van der Waals surface area contributed by atoms with Crippen LogP contribution in [0.2, 0.25) is 5.02 Å². The van der Waals surface area contributed by atoms with Gasteiger partial charge in [0.15, 0.2) is 0 Å². The van der Waals surface area contributed by atoms with Gasteiger partial charge in [0.05, 0.1) is 10.6 Å². The van der Waals surface area contributed by atoms with E-state index in [1.54, 1.807) is 12.1 Å². The number of benzene rings is 1. The van der Waals surface area contributed by atoms with Gasteiger partial charge < -0.3 is 10.4 Å². The van der Waals surface area contributed by atoms with Crippen molar-refractivity contribution in [3.05, 3.63) is 34.6 Å². The smallest absolute Gasteiger partial charge is 0.142 e. The molecular formula is C13H17ClFNO. The van der Waals surface area contributed by atoms with E-state index in [1.165, 1.54) is 6.07 Å². The van der Waals surface area contributed by atoms with Crippen LogP contribution in [0.3, 0.4) is 0 Å². The molecule has 0 aliphatic carbocycles. The molecule has 1 fully saturated rings. The molecule has 1 aliphatic heterocycles. The minimum absolute atomic E-state index is 0.128. The van der Waals surface area contributed by atoms with Gasteiger partial charge >= 0.3 is 0 Å². The van der Waals surface area contributed by atoms with Gasteiger partial charge in [0, 0.05) is 6.42 Å². The average molecular weight is 258 g/mol. The zero-order valence-corrected chi connectivity index (χ0v) is 10.4. The van der Waals surface area contributed by atoms with E-state index in [1.807, 2.05) is 0 Å². The molecule has 1 unspecified atom stereocenters. The van der Waals surface area contributed by atoms with Crippen LogP contribution in [0, 0.1) is 5.82 Å². The monoisotopic (exact) mass is 257 g/mol. The van der Waals surface area contributed by atoms with Crippen LogP contribution >= 0.6 is 11.6 Å². The number of aliphatic hydroxyl groups is 1.